The van der Waals surface area contributed by atoms with Crippen LogP contribution in [0, 0.1) is 0 Å². The number of rotatable bonds is 6. The Bertz CT molecular complexity index is 370. The molecule has 0 aromatic carbocycles. The third kappa shape index (κ3) is 2.87. The number of nitrogens with zero attached hydrogens (tertiary/aromatic N) is 2. The quantitative estimate of drug-likeness (QED) is 0.639. The van der Waals surface area contributed by atoms with E-state index in [0.717, 1.165) is 44.5 Å². The molecule has 0 bridgehead atoms. The first kappa shape index (κ1) is 13.0. The summed E-state index contributed by atoms with van der Waals surface area (Å²) in [6, 6.07) is 0. The van der Waals surface area contributed by atoms with Crippen LogP contribution in [0.25, 0.3) is 0 Å². The van der Waals surface area contributed by atoms with E-state index in [-0.39, 0.29) is 11.4 Å². The Morgan fingerprint density at radius 3 is 3.11 bits per heavy atom. The first-order valence-electron chi connectivity index (χ1n) is 6.64. The molecule has 1 aliphatic rings. The summed E-state index contributed by atoms with van der Waals surface area (Å²) in [6.07, 6.45) is 6.06. The van der Waals surface area contributed by atoms with Crippen molar-refractivity contribution in [3.05, 3.63) is 12.2 Å². The Labute approximate surface area is 107 Å². The standard InChI is InChI=1S/C12H21N5O/c1-2-12(6-4-8-15-12)11(18)13-7-3-5-10-14-9-16-17-10/h9,15H,2-8H2,1H3,(H,13,18)(H,14,16,17). The van der Waals surface area contributed by atoms with Crippen LogP contribution < -0.4 is 10.6 Å². The fourth-order valence-electron chi connectivity index (χ4n) is 2.44. The van der Waals surface area contributed by atoms with Gasteiger partial charge in [-0.2, -0.15) is 5.10 Å². The van der Waals surface area contributed by atoms with Gasteiger partial charge in [0.15, 0.2) is 0 Å². The highest BCUT2D eigenvalue weighted by molar-refractivity contribution is 5.86. The zero-order valence-corrected chi connectivity index (χ0v) is 10.8. The van der Waals surface area contributed by atoms with E-state index in [1.165, 1.54) is 6.33 Å². The predicted octanol–water partition coefficient (Wildman–Crippen LogP) is 0.386. The molecule has 1 aromatic rings. The molecule has 0 radical (unpaired) electrons. The largest absolute Gasteiger partial charge is 0.354 e. The van der Waals surface area contributed by atoms with Crippen molar-refractivity contribution < 1.29 is 4.79 Å². The third-order valence-electron chi connectivity index (χ3n) is 3.62. The van der Waals surface area contributed by atoms with Gasteiger partial charge >= 0.3 is 0 Å². The zero-order chi connectivity index (χ0) is 12.8. The molecule has 2 rings (SSSR count). The number of H-pyrrole nitrogens is 1. The normalized spacial score (nSPS) is 23.2. The minimum atomic E-state index is -0.327. The maximum atomic E-state index is 12.2. The summed E-state index contributed by atoms with van der Waals surface area (Å²) >= 11 is 0. The highest BCUT2D eigenvalue weighted by Gasteiger charge is 2.38. The molecule has 100 valence electrons. The van der Waals surface area contributed by atoms with E-state index in [4.69, 9.17) is 0 Å². The summed E-state index contributed by atoms with van der Waals surface area (Å²) in [4.78, 5) is 16.2. The van der Waals surface area contributed by atoms with Crippen LogP contribution in [0.4, 0.5) is 0 Å². The van der Waals surface area contributed by atoms with Crippen molar-refractivity contribution in [1.82, 2.24) is 25.8 Å². The van der Waals surface area contributed by atoms with E-state index >= 15 is 0 Å². The average molecular weight is 251 g/mol. The monoisotopic (exact) mass is 251 g/mol. The Morgan fingerprint density at radius 1 is 1.61 bits per heavy atom. The van der Waals surface area contributed by atoms with Gasteiger partial charge in [-0.05, 0) is 32.2 Å². The molecule has 1 unspecified atom stereocenters. The van der Waals surface area contributed by atoms with E-state index in [2.05, 4.69) is 32.7 Å². The lowest BCUT2D eigenvalue weighted by Gasteiger charge is -2.26. The SMILES string of the molecule is CCC1(C(=O)NCCCc2ncn[nH]2)CCCN1. The maximum absolute atomic E-state index is 12.2. The van der Waals surface area contributed by atoms with Crippen LogP contribution in [0.2, 0.25) is 0 Å². The molecule has 1 saturated heterocycles. The average Bonchev–Trinajstić information content (AvgIpc) is 3.05. The molecular formula is C12H21N5O. The number of aromatic amines is 1. The van der Waals surface area contributed by atoms with Gasteiger partial charge in [-0.15, -0.1) is 0 Å². The number of carbonyl (C=O) groups is 1. The zero-order valence-electron chi connectivity index (χ0n) is 10.8. The first-order valence-corrected chi connectivity index (χ1v) is 6.64. The van der Waals surface area contributed by atoms with Gasteiger partial charge in [0.1, 0.15) is 12.2 Å². The van der Waals surface area contributed by atoms with Crippen LogP contribution in [-0.2, 0) is 11.2 Å². The molecule has 1 fully saturated rings. The highest BCUT2D eigenvalue weighted by Crippen LogP contribution is 2.22. The minimum absolute atomic E-state index is 0.139. The van der Waals surface area contributed by atoms with Gasteiger partial charge in [-0.1, -0.05) is 6.92 Å². The number of hydrogen-bond acceptors (Lipinski definition) is 4. The lowest BCUT2D eigenvalue weighted by Crippen LogP contribution is -2.53. The van der Waals surface area contributed by atoms with E-state index in [1.54, 1.807) is 0 Å². The molecule has 0 aliphatic carbocycles. The Balaban J connectivity index is 1.71. The summed E-state index contributed by atoms with van der Waals surface area (Å²) < 4.78 is 0. The van der Waals surface area contributed by atoms with Crippen molar-refractivity contribution in [3.63, 3.8) is 0 Å². The molecule has 6 nitrogen and oxygen atoms in total. The third-order valence-corrected chi connectivity index (χ3v) is 3.62. The van der Waals surface area contributed by atoms with Gasteiger partial charge in [-0.3, -0.25) is 9.89 Å². The summed E-state index contributed by atoms with van der Waals surface area (Å²) in [6.45, 7) is 3.69. The molecule has 6 heteroatoms. The lowest BCUT2D eigenvalue weighted by molar-refractivity contribution is -0.127. The molecule has 0 saturated carbocycles. The number of hydrogen-bond donors (Lipinski definition) is 3. The summed E-state index contributed by atoms with van der Waals surface area (Å²) in [5, 5.41) is 13.0. The second-order valence-electron chi connectivity index (χ2n) is 4.76. The van der Waals surface area contributed by atoms with Gasteiger partial charge in [0.05, 0.1) is 5.54 Å². The molecule has 1 aliphatic heterocycles. The summed E-state index contributed by atoms with van der Waals surface area (Å²) in [5.41, 5.74) is -0.327. The first-order chi connectivity index (χ1) is 8.77. The van der Waals surface area contributed by atoms with Crippen molar-refractivity contribution >= 4 is 5.91 Å². The molecule has 18 heavy (non-hydrogen) atoms. The molecule has 0 spiro atoms. The fourth-order valence-corrected chi connectivity index (χ4v) is 2.44. The number of aryl methyl sites for hydroxylation is 1. The van der Waals surface area contributed by atoms with Crippen LogP contribution in [-0.4, -0.2) is 39.7 Å². The molecule has 1 aromatic heterocycles. The summed E-state index contributed by atoms with van der Waals surface area (Å²) in [7, 11) is 0. The van der Waals surface area contributed by atoms with Gasteiger partial charge < -0.3 is 10.6 Å². The number of nitrogens with one attached hydrogen (secondary N) is 3. The maximum Gasteiger partial charge on any atom is 0.240 e. The molecule has 1 atom stereocenters. The number of amides is 1. The van der Waals surface area contributed by atoms with Crippen LogP contribution >= 0.6 is 0 Å². The van der Waals surface area contributed by atoms with E-state index in [0.29, 0.717) is 6.54 Å². The van der Waals surface area contributed by atoms with Crippen molar-refractivity contribution in [3.8, 4) is 0 Å². The van der Waals surface area contributed by atoms with Gasteiger partial charge in [-0.25, -0.2) is 4.98 Å². The Morgan fingerprint density at radius 2 is 2.50 bits per heavy atom. The smallest absolute Gasteiger partial charge is 0.240 e. The summed E-state index contributed by atoms with van der Waals surface area (Å²) in [5.74, 6) is 1.01. The molecular weight excluding hydrogens is 230 g/mol. The van der Waals surface area contributed by atoms with E-state index < -0.39 is 0 Å². The van der Waals surface area contributed by atoms with Crippen LogP contribution in [0.15, 0.2) is 6.33 Å². The van der Waals surface area contributed by atoms with Crippen LogP contribution in [0.5, 0.6) is 0 Å². The van der Waals surface area contributed by atoms with Crippen molar-refractivity contribution in [1.29, 1.82) is 0 Å². The highest BCUT2D eigenvalue weighted by atomic mass is 16.2. The van der Waals surface area contributed by atoms with Gasteiger partial charge in [0.2, 0.25) is 5.91 Å². The number of aromatic nitrogens is 3. The minimum Gasteiger partial charge on any atom is -0.354 e. The molecule has 3 N–H and O–H groups in total. The second-order valence-corrected chi connectivity index (χ2v) is 4.76. The van der Waals surface area contributed by atoms with E-state index in [9.17, 15) is 4.79 Å². The van der Waals surface area contributed by atoms with E-state index in [1.807, 2.05) is 0 Å². The second kappa shape index (κ2) is 5.95. The predicted molar refractivity (Wildman–Crippen MR) is 68.0 cm³/mol. The van der Waals surface area contributed by atoms with Gasteiger partial charge in [0, 0.05) is 13.0 Å². The topological polar surface area (TPSA) is 82.7 Å². The number of carbonyl (C=O) groups excluding carboxylic acids is 1. The van der Waals surface area contributed by atoms with Crippen molar-refractivity contribution in [2.24, 2.45) is 0 Å². The van der Waals surface area contributed by atoms with Crippen LogP contribution in [0.1, 0.15) is 38.4 Å². The Kier molecular flexibility index (Phi) is 4.30. The Hall–Kier alpha value is -1.43. The van der Waals surface area contributed by atoms with Crippen molar-refractivity contribution in [2.45, 2.75) is 44.6 Å². The van der Waals surface area contributed by atoms with Crippen LogP contribution in [0.3, 0.4) is 0 Å². The van der Waals surface area contributed by atoms with Gasteiger partial charge in [0.25, 0.3) is 0 Å². The lowest BCUT2D eigenvalue weighted by atomic mass is 9.93. The molecule has 1 amide bonds. The fraction of sp³-hybridized carbons (Fsp3) is 0.750. The molecule has 2 heterocycles. The van der Waals surface area contributed by atoms with Crippen molar-refractivity contribution in [2.75, 3.05) is 13.1 Å².